The summed E-state index contributed by atoms with van der Waals surface area (Å²) in [7, 11) is 0. The van der Waals surface area contributed by atoms with Gasteiger partial charge < -0.3 is 46.3 Å². The van der Waals surface area contributed by atoms with Gasteiger partial charge >= 0.3 is 0 Å². The molecule has 6 heterocycles. The Bertz CT molecular complexity index is 3480. The highest BCUT2D eigenvalue weighted by molar-refractivity contribution is 6.32. The number of furan rings is 2. The number of likely N-dealkylation sites (tertiary alicyclic amines) is 2. The molecule has 79 heavy (non-hydrogen) atoms. The fourth-order valence-corrected chi connectivity index (χ4v) is 9.11. The summed E-state index contributed by atoms with van der Waals surface area (Å²) in [6.07, 6.45) is 8.10. The van der Waals surface area contributed by atoms with E-state index in [4.69, 9.17) is 54.3 Å². The number of carbonyl (C=O) groups is 3. The number of aliphatic hydroxyl groups excluding tert-OH is 1. The number of halogens is 6. The third-order valence-electron chi connectivity index (χ3n) is 13.0. The van der Waals surface area contributed by atoms with Gasteiger partial charge in [-0.2, -0.15) is 0 Å². The first-order valence-corrected chi connectivity index (χ1v) is 25.9. The summed E-state index contributed by atoms with van der Waals surface area (Å²) in [5.41, 5.74) is 23.8. The van der Waals surface area contributed by atoms with Crippen molar-refractivity contribution in [2.45, 2.75) is 63.6 Å². The molecular formula is C59H56Cl2F4N8O6. The number of nitrogen functional groups attached to an aromatic ring is 2. The predicted octanol–water partition coefficient (Wildman–Crippen LogP) is 12.1. The molecule has 20 heteroatoms. The van der Waals surface area contributed by atoms with Crippen molar-refractivity contribution in [2.24, 2.45) is 5.73 Å². The average Bonchev–Trinajstić information content (AvgIpc) is 4.26. The van der Waals surface area contributed by atoms with Crippen molar-refractivity contribution in [1.82, 2.24) is 25.1 Å². The van der Waals surface area contributed by atoms with E-state index >= 15 is 0 Å². The van der Waals surface area contributed by atoms with Crippen LogP contribution in [0.4, 0.5) is 29.2 Å². The van der Waals surface area contributed by atoms with Crippen molar-refractivity contribution in [3.05, 3.63) is 178 Å². The molecule has 4 aromatic heterocycles. The average molecular weight is 1120 g/mol. The maximum atomic E-state index is 13.5. The number of amides is 3. The van der Waals surface area contributed by atoms with Crippen molar-refractivity contribution >= 4 is 86.6 Å². The van der Waals surface area contributed by atoms with Gasteiger partial charge in [-0.05, 0) is 119 Å². The van der Waals surface area contributed by atoms with Crippen LogP contribution in [0.5, 0.6) is 0 Å². The van der Waals surface area contributed by atoms with Crippen molar-refractivity contribution < 1.29 is 45.9 Å². The maximum absolute atomic E-state index is 13.5. The topological polar surface area (TPSA) is 220 Å². The van der Waals surface area contributed by atoms with Crippen molar-refractivity contribution in [2.75, 3.05) is 37.6 Å². The van der Waals surface area contributed by atoms with Crippen LogP contribution in [0.15, 0.2) is 143 Å². The molecule has 0 bridgehead atoms. The first-order valence-electron chi connectivity index (χ1n) is 25.2. The summed E-state index contributed by atoms with van der Waals surface area (Å²) in [5, 5.41) is 14.4. The van der Waals surface area contributed by atoms with Gasteiger partial charge in [0.05, 0.1) is 19.2 Å². The van der Waals surface area contributed by atoms with Crippen LogP contribution in [-0.2, 0) is 17.9 Å². The smallest absolute Gasteiger partial charge is 0.253 e. The SMILES string of the molecule is CC(O)/C=C/c1ccc(N)nc1.NCc1cc2c(-c3ccc(C(=O)N4CCC(F)(F)CC4)cc3)cc(Cl)cc2o1.Nc1ccc(/C=C/C(=O)NCc2cc3c(-c4ccc(C(=O)N5CCC(F)(F)CC5)cc4)cc(Cl)cc3o2)cn1. The van der Waals surface area contributed by atoms with Gasteiger partial charge in [-0.25, -0.2) is 27.5 Å². The minimum atomic E-state index is -2.71. The number of carbonyl (C=O) groups excluding carboxylic acids is 3. The molecule has 4 aromatic carbocycles. The van der Waals surface area contributed by atoms with Gasteiger partial charge in [0.1, 0.15) is 34.3 Å². The van der Waals surface area contributed by atoms with E-state index < -0.39 is 17.9 Å². The van der Waals surface area contributed by atoms with Crippen LogP contribution in [0, 0.1) is 0 Å². The van der Waals surface area contributed by atoms with Crippen LogP contribution in [-0.4, -0.2) is 86.7 Å². The predicted molar refractivity (Wildman–Crippen MR) is 300 cm³/mol. The lowest BCUT2D eigenvalue weighted by molar-refractivity contribution is -0.116. The number of anilines is 2. The first kappa shape index (κ1) is 57.2. The molecule has 0 aliphatic carbocycles. The highest BCUT2D eigenvalue weighted by atomic mass is 35.5. The zero-order valence-electron chi connectivity index (χ0n) is 42.8. The standard InChI is InChI=1S/C29H25ClF2N4O3.C21H19ClF2N2O2.C9H12N2O/c30-21-13-23(19-3-5-20(6-4-19)28(38)36-11-9-29(31,32)10-12-36)24-15-22(39-25(24)14-21)17-35-27(37)8-2-18-1-7-26(33)34-16-18;22-15-9-17(18-11-16(12-25)28-19(18)10-15)13-1-3-14(4-2-13)20(27)26-7-5-21(23,24)6-8-26;1-7(12)2-3-8-4-5-9(10)11-6-8/h1-8,13-16H,9-12,17H2,(H2,33,34)(H,35,37);1-4,9-11H,5-8,12,25H2;2-7,12H,1H3,(H2,10,11)/b8-2+;;3-2+. The Balaban J connectivity index is 0.000000178. The Kier molecular flexibility index (Phi) is 18.2. The normalized spacial score (nSPS) is 15.4. The number of nitrogens with zero attached hydrogens (tertiary/aromatic N) is 4. The fraction of sp³-hybridized carbons (Fsp3) is 0.237. The molecule has 1 unspecified atom stereocenters. The highest BCUT2D eigenvalue weighted by Gasteiger charge is 2.37. The van der Waals surface area contributed by atoms with E-state index in [0.29, 0.717) is 55.5 Å². The summed E-state index contributed by atoms with van der Waals surface area (Å²) in [5.74, 6) is -4.08. The molecular weight excluding hydrogens is 1060 g/mol. The highest BCUT2D eigenvalue weighted by Crippen LogP contribution is 2.37. The lowest BCUT2D eigenvalue weighted by Crippen LogP contribution is -2.42. The summed E-state index contributed by atoms with van der Waals surface area (Å²) >= 11 is 12.6. The molecule has 2 saturated heterocycles. The molecule has 0 radical (unpaired) electrons. The second kappa shape index (κ2) is 25.2. The Morgan fingerprint density at radius 3 is 1.51 bits per heavy atom. The minimum absolute atomic E-state index is 0.0330. The van der Waals surface area contributed by atoms with Crippen LogP contribution in [0.1, 0.15) is 76.0 Å². The van der Waals surface area contributed by atoms with Crippen molar-refractivity contribution in [1.29, 1.82) is 0 Å². The summed E-state index contributed by atoms with van der Waals surface area (Å²) in [4.78, 5) is 48.5. The molecule has 2 fully saturated rings. The quantitative estimate of drug-likeness (QED) is 0.0606. The van der Waals surface area contributed by atoms with Gasteiger partial charge in [0.2, 0.25) is 5.91 Å². The second-order valence-corrected chi connectivity index (χ2v) is 19.9. The van der Waals surface area contributed by atoms with Gasteiger partial charge in [0.25, 0.3) is 23.7 Å². The molecule has 8 aromatic rings. The lowest BCUT2D eigenvalue weighted by atomic mass is 9.99. The lowest BCUT2D eigenvalue weighted by Gasteiger charge is -2.31. The van der Waals surface area contributed by atoms with Crippen LogP contribution in [0.25, 0.3) is 56.3 Å². The van der Waals surface area contributed by atoms with Crippen LogP contribution in [0.3, 0.4) is 0 Å². The number of hydrogen-bond donors (Lipinski definition) is 5. The molecule has 3 amide bonds. The molecule has 0 saturated carbocycles. The van der Waals surface area contributed by atoms with Crippen LogP contribution >= 0.6 is 23.2 Å². The monoisotopic (exact) mass is 1120 g/mol. The van der Waals surface area contributed by atoms with Gasteiger partial charge in [0, 0.05) is 114 Å². The molecule has 2 aliphatic heterocycles. The van der Waals surface area contributed by atoms with E-state index in [0.717, 1.165) is 44.2 Å². The summed E-state index contributed by atoms with van der Waals surface area (Å²) < 4.78 is 65.1. The van der Waals surface area contributed by atoms with Gasteiger partial charge in [-0.3, -0.25) is 14.4 Å². The molecule has 1 atom stereocenters. The zero-order valence-corrected chi connectivity index (χ0v) is 44.3. The molecule has 410 valence electrons. The number of rotatable bonds is 11. The number of nitrogens with one attached hydrogen (secondary N) is 1. The third kappa shape index (κ3) is 15.4. The summed E-state index contributed by atoms with van der Waals surface area (Å²) in [6.45, 7) is 2.35. The molecule has 8 N–H and O–H groups in total. The Morgan fingerprint density at radius 1 is 0.658 bits per heavy atom. The Morgan fingerprint density at radius 2 is 1.09 bits per heavy atom. The van der Waals surface area contributed by atoms with Gasteiger partial charge in [-0.15, -0.1) is 0 Å². The number of nitrogens with two attached hydrogens (primary N) is 3. The molecule has 2 aliphatic rings. The number of pyridine rings is 2. The van der Waals surface area contributed by atoms with E-state index in [2.05, 4.69) is 15.3 Å². The van der Waals surface area contributed by atoms with Crippen molar-refractivity contribution in [3.8, 4) is 22.3 Å². The van der Waals surface area contributed by atoms with Gasteiger partial charge in [-0.1, -0.05) is 59.6 Å². The largest absolute Gasteiger partial charge is 0.460 e. The Labute approximate surface area is 462 Å². The molecule has 0 spiro atoms. The minimum Gasteiger partial charge on any atom is -0.460 e. The van der Waals surface area contributed by atoms with E-state index in [-0.39, 0.29) is 82.7 Å². The van der Waals surface area contributed by atoms with E-state index in [9.17, 15) is 31.9 Å². The number of piperidine rings is 2. The molecule has 14 nitrogen and oxygen atoms in total. The van der Waals surface area contributed by atoms with E-state index in [1.807, 2.05) is 36.4 Å². The van der Waals surface area contributed by atoms with E-state index in [1.54, 1.807) is 110 Å². The van der Waals surface area contributed by atoms with Crippen LogP contribution in [0.2, 0.25) is 10.0 Å². The zero-order chi connectivity index (χ0) is 56.4. The maximum Gasteiger partial charge on any atom is 0.253 e. The van der Waals surface area contributed by atoms with Crippen molar-refractivity contribution in [3.63, 3.8) is 0 Å². The number of fused-ring (bicyclic) bond motifs is 2. The number of aromatic nitrogens is 2. The third-order valence-corrected chi connectivity index (χ3v) is 13.4. The number of alkyl halides is 4. The summed E-state index contributed by atoms with van der Waals surface area (Å²) in [6, 6.07) is 31.8. The fourth-order valence-electron chi connectivity index (χ4n) is 8.69. The van der Waals surface area contributed by atoms with Gasteiger partial charge in [0.15, 0.2) is 0 Å². The second-order valence-electron chi connectivity index (χ2n) is 19.0. The van der Waals surface area contributed by atoms with E-state index in [1.165, 1.54) is 15.9 Å². The number of aliphatic hydroxyl groups is 1. The number of benzene rings is 4. The Hall–Kier alpha value is -8.03. The van der Waals surface area contributed by atoms with Crippen LogP contribution < -0.4 is 22.5 Å². The number of hydrogen-bond acceptors (Lipinski definition) is 11. The molecule has 10 rings (SSSR count). The first-order chi connectivity index (χ1) is 37.7.